The zero-order valence-electron chi connectivity index (χ0n) is 10.0. The van der Waals surface area contributed by atoms with Crippen molar-refractivity contribution in [3.8, 4) is 11.6 Å². The standard InChI is InChI=1S/C15H11FN2O/c16-11-6-7-12(17)14(9-11)19-15-8-5-10-3-1-2-4-13(10)18-15/h1-9H,17H2. The van der Waals surface area contributed by atoms with E-state index in [1.54, 1.807) is 6.07 Å². The number of para-hydroxylation sites is 1. The monoisotopic (exact) mass is 254 g/mol. The van der Waals surface area contributed by atoms with Crippen molar-refractivity contribution in [3.05, 3.63) is 60.4 Å². The van der Waals surface area contributed by atoms with Crippen LogP contribution in [0.3, 0.4) is 0 Å². The predicted molar refractivity (Wildman–Crippen MR) is 72.6 cm³/mol. The highest BCUT2D eigenvalue weighted by molar-refractivity contribution is 5.78. The first kappa shape index (κ1) is 11.5. The number of fused-ring (bicyclic) bond motifs is 1. The lowest BCUT2D eigenvalue weighted by Crippen LogP contribution is -1.94. The first-order chi connectivity index (χ1) is 9.22. The molecule has 0 radical (unpaired) electrons. The van der Waals surface area contributed by atoms with Crippen molar-refractivity contribution in [1.82, 2.24) is 4.98 Å². The normalized spacial score (nSPS) is 10.6. The predicted octanol–water partition coefficient (Wildman–Crippen LogP) is 3.75. The molecule has 1 heterocycles. The summed E-state index contributed by atoms with van der Waals surface area (Å²) in [5.41, 5.74) is 6.92. The summed E-state index contributed by atoms with van der Waals surface area (Å²) >= 11 is 0. The summed E-state index contributed by atoms with van der Waals surface area (Å²) in [5, 5.41) is 1.02. The van der Waals surface area contributed by atoms with E-state index >= 15 is 0 Å². The van der Waals surface area contributed by atoms with Crippen molar-refractivity contribution in [2.24, 2.45) is 0 Å². The Morgan fingerprint density at radius 2 is 1.84 bits per heavy atom. The van der Waals surface area contributed by atoms with Crippen LogP contribution in [0.2, 0.25) is 0 Å². The van der Waals surface area contributed by atoms with E-state index in [2.05, 4.69) is 4.98 Å². The summed E-state index contributed by atoms with van der Waals surface area (Å²) in [6, 6.07) is 15.3. The summed E-state index contributed by atoms with van der Waals surface area (Å²) in [4.78, 5) is 4.34. The van der Waals surface area contributed by atoms with E-state index in [-0.39, 0.29) is 5.75 Å². The lowest BCUT2D eigenvalue weighted by Gasteiger charge is -2.08. The molecule has 4 heteroatoms. The Hall–Kier alpha value is -2.62. The van der Waals surface area contributed by atoms with Gasteiger partial charge in [0.15, 0.2) is 5.75 Å². The number of benzene rings is 2. The van der Waals surface area contributed by atoms with E-state index in [9.17, 15) is 4.39 Å². The van der Waals surface area contributed by atoms with Crippen LogP contribution in [-0.4, -0.2) is 4.98 Å². The third-order valence-electron chi connectivity index (χ3n) is 2.76. The number of pyridine rings is 1. The van der Waals surface area contributed by atoms with Gasteiger partial charge >= 0.3 is 0 Å². The number of aromatic nitrogens is 1. The molecule has 0 spiro atoms. The molecule has 0 amide bonds. The number of halogens is 1. The van der Waals surface area contributed by atoms with Gasteiger partial charge in [-0.2, -0.15) is 0 Å². The van der Waals surface area contributed by atoms with Crippen LogP contribution in [0.25, 0.3) is 10.9 Å². The maximum atomic E-state index is 13.1. The van der Waals surface area contributed by atoms with Crippen molar-refractivity contribution in [2.45, 2.75) is 0 Å². The van der Waals surface area contributed by atoms with E-state index in [1.165, 1.54) is 18.2 Å². The summed E-state index contributed by atoms with van der Waals surface area (Å²) in [6.07, 6.45) is 0. The fourth-order valence-corrected chi connectivity index (χ4v) is 1.81. The first-order valence-corrected chi connectivity index (χ1v) is 5.81. The largest absolute Gasteiger partial charge is 0.437 e. The fourth-order valence-electron chi connectivity index (χ4n) is 1.81. The fraction of sp³-hybridized carbons (Fsp3) is 0. The molecule has 1 aromatic heterocycles. The molecule has 0 saturated heterocycles. The average molecular weight is 254 g/mol. The maximum Gasteiger partial charge on any atom is 0.219 e. The Bertz CT molecular complexity index is 743. The Labute approximate surface area is 109 Å². The van der Waals surface area contributed by atoms with Gasteiger partial charge in [0.25, 0.3) is 0 Å². The van der Waals surface area contributed by atoms with Gasteiger partial charge in [-0.05, 0) is 24.3 Å². The molecule has 0 unspecified atom stereocenters. The third-order valence-corrected chi connectivity index (χ3v) is 2.76. The van der Waals surface area contributed by atoms with Gasteiger partial charge in [0, 0.05) is 17.5 Å². The number of rotatable bonds is 2. The van der Waals surface area contributed by atoms with Gasteiger partial charge in [-0.3, -0.25) is 0 Å². The van der Waals surface area contributed by atoms with Crippen LogP contribution in [0.15, 0.2) is 54.6 Å². The van der Waals surface area contributed by atoms with Crippen molar-refractivity contribution in [3.63, 3.8) is 0 Å². The van der Waals surface area contributed by atoms with Crippen LogP contribution < -0.4 is 10.5 Å². The molecular formula is C15H11FN2O. The van der Waals surface area contributed by atoms with Gasteiger partial charge in [-0.1, -0.05) is 18.2 Å². The minimum absolute atomic E-state index is 0.266. The van der Waals surface area contributed by atoms with Crippen molar-refractivity contribution in [2.75, 3.05) is 5.73 Å². The number of nitrogens with zero attached hydrogens (tertiary/aromatic N) is 1. The van der Waals surface area contributed by atoms with Crippen LogP contribution >= 0.6 is 0 Å². The SMILES string of the molecule is Nc1ccc(F)cc1Oc1ccc2ccccc2n1. The van der Waals surface area contributed by atoms with E-state index in [0.29, 0.717) is 11.6 Å². The maximum absolute atomic E-state index is 13.1. The Morgan fingerprint density at radius 1 is 1.00 bits per heavy atom. The van der Waals surface area contributed by atoms with E-state index in [1.807, 2.05) is 30.3 Å². The lowest BCUT2D eigenvalue weighted by atomic mass is 10.2. The molecule has 19 heavy (non-hydrogen) atoms. The molecule has 94 valence electrons. The third kappa shape index (κ3) is 2.33. The molecule has 0 aliphatic rings. The van der Waals surface area contributed by atoms with Gasteiger partial charge in [0.2, 0.25) is 5.88 Å². The number of anilines is 1. The summed E-state index contributed by atoms with van der Waals surface area (Å²) < 4.78 is 18.7. The number of hydrogen-bond donors (Lipinski definition) is 1. The van der Waals surface area contributed by atoms with E-state index < -0.39 is 5.82 Å². The van der Waals surface area contributed by atoms with Crippen molar-refractivity contribution in [1.29, 1.82) is 0 Å². The molecule has 0 fully saturated rings. The molecule has 3 aromatic rings. The van der Waals surface area contributed by atoms with Gasteiger partial charge in [0.1, 0.15) is 5.82 Å². The second kappa shape index (κ2) is 4.57. The molecule has 0 aliphatic carbocycles. The second-order valence-corrected chi connectivity index (χ2v) is 4.13. The number of ether oxygens (including phenoxy) is 1. The van der Waals surface area contributed by atoms with Crippen molar-refractivity contribution < 1.29 is 9.13 Å². The topological polar surface area (TPSA) is 48.1 Å². The highest BCUT2D eigenvalue weighted by Crippen LogP contribution is 2.28. The minimum atomic E-state index is -0.398. The first-order valence-electron chi connectivity index (χ1n) is 5.81. The highest BCUT2D eigenvalue weighted by atomic mass is 19.1. The number of nitrogen functional groups attached to an aromatic ring is 1. The Morgan fingerprint density at radius 3 is 2.74 bits per heavy atom. The summed E-state index contributed by atoms with van der Waals surface area (Å²) in [7, 11) is 0. The van der Waals surface area contributed by atoms with Crippen LogP contribution in [0, 0.1) is 5.82 Å². The molecule has 0 aliphatic heterocycles. The Kier molecular flexibility index (Phi) is 2.76. The van der Waals surface area contributed by atoms with Crippen LogP contribution in [0.1, 0.15) is 0 Å². The quantitative estimate of drug-likeness (QED) is 0.708. The summed E-state index contributed by atoms with van der Waals surface area (Å²) in [5.74, 6) is 0.253. The second-order valence-electron chi connectivity index (χ2n) is 4.13. The zero-order valence-corrected chi connectivity index (χ0v) is 10.0. The highest BCUT2D eigenvalue weighted by Gasteiger charge is 2.05. The molecule has 0 atom stereocenters. The van der Waals surface area contributed by atoms with Gasteiger partial charge in [0.05, 0.1) is 11.2 Å². The summed E-state index contributed by atoms with van der Waals surface area (Å²) in [6.45, 7) is 0. The van der Waals surface area contributed by atoms with E-state index in [4.69, 9.17) is 10.5 Å². The number of hydrogen-bond acceptors (Lipinski definition) is 3. The van der Waals surface area contributed by atoms with Crippen LogP contribution in [0.4, 0.5) is 10.1 Å². The van der Waals surface area contributed by atoms with Gasteiger partial charge in [-0.25, -0.2) is 9.37 Å². The molecule has 2 aromatic carbocycles. The molecule has 0 bridgehead atoms. The van der Waals surface area contributed by atoms with Gasteiger partial charge < -0.3 is 10.5 Å². The van der Waals surface area contributed by atoms with Crippen molar-refractivity contribution >= 4 is 16.6 Å². The van der Waals surface area contributed by atoms with E-state index in [0.717, 1.165) is 10.9 Å². The molecule has 3 rings (SSSR count). The molecule has 0 saturated carbocycles. The minimum Gasteiger partial charge on any atom is -0.437 e. The van der Waals surface area contributed by atoms with Gasteiger partial charge in [-0.15, -0.1) is 0 Å². The lowest BCUT2D eigenvalue weighted by molar-refractivity contribution is 0.462. The molecule has 3 nitrogen and oxygen atoms in total. The Balaban J connectivity index is 1.98. The average Bonchev–Trinajstić information content (AvgIpc) is 2.43. The van der Waals surface area contributed by atoms with Crippen LogP contribution in [-0.2, 0) is 0 Å². The number of nitrogens with two attached hydrogens (primary N) is 1. The molecule has 2 N–H and O–H groups in total. The van der Waals surface area contributed by atoms with Crippen LogP contribution in [0.5, 0.6) is 11.6 Å². The zero-order chi connectivity index (χ0) is 13.2. The molecular weight excluding hydrogens is 243 g/mol. The smallest absolute Gasteiger partial charge is 0.219 e.